The molecule has 29 heavy (non-hydrogen) atoms. The van der Waals surface area contributed by atoms with Gasteiger partial charge in [-0.25, -0.2) is 4.79 Å². The van der Waals surface area contributed by atoms with E-state index in [0.29, 0.717) is 27.9 Å². The van der Waals surface area contributed by atoms with Crippen LogP contribution in [0, 0.1) is 0 Å². The van der Waals surface area contributed by atoms with Crippen molar-refractivity contribution in [3.05, 3.63) is 71.8 Å². The van der Waals surface area contributed by atoms with Crippen LogP contribution in [-0.4, -0.2) is 17.8 Å². The van der Waals surface area contributed by atoms with Crippen LogP contribution in [-0.2, 0) is 0 Å². The smallest absolute Gasteiger partial charge is 0.323 e. The van der Waals surface area contributed by atoms with E-state index in [1.54, 1.807) is 18.2 Å². The van der Waals surface area contributed by atoms with Crippen molar-refractivity contribution in [2.45, 2.75) is 0 Å². The van der Waals surface area contributed by atoms with E-state index in [1.807, 2.05) is 42.5 Å². The largest absolute Gasteiger partial charge is 0.454 e. The Hall–Kier alpha value is -3.64. The Kier molecular flexibility index (Phi) is 4.26. The van der Waals surface area contributed by atoms with Crippen LogP contribution in [0.15, 0.2) is 66.7 Å². The molecule has 0 fully saturated rings. The van der Waals surface area contributed by atoms with Crippen LogP contribution in [0.2, 0.25) is 5.02 Å². The first-order valence-electron chi connectivity index (χ1n) is 9.00. The van der Waals surface area contributed by atoms with E-state index >= 15 is 0 Å². The Balaban J connectivity index is 1.27. The van der Waals surface area contributed by atoms with Gasteiger partial charge in [-0.05, 0) is 54.1 Å². The van der Waals surface area contributed by atoms with E-state index in [2.05, 4.69) is 21.7 Å². The van der Waals surface area contributed by atoms with Gasteiger partial charge in [-0.15, -0.1) is 0 Å². The molecule has 3 aromatic carbocycles. The van der Waals surface area contributed by atoms with Crippen LogP contribution in [0.5, 0.6) is 11.5 Å². The highest BCUT2D eigenvalue weighted by atomic mass is 35.5. The minimum absolute atomic E-state index is 0.195. The standard InChI is InChI=1S/C22H16ClN3O3/c23-15-3-7-18-14(9-15)10-19(26-18)13-1-4-16(5-2-13)24-22(27)25-17-6-8-20-21(11-17)29-12-28-20/h1-11,26H,12H2,(H2,24,25,27). The fraction of sp³-hybridized carbons (Fsp3) is 0.0455. The van der Waals surface area contributed by atoms with Crippen LogP contribution in [0.4, 0.5) is 16.2 Å². The summed E-state index contributed by atoms with van der Waals surface area (Å²) in [6, 6.07) is 20.3. The number of carbonyl (C=O) groups is 1. The van der Waals surface area contributed by atoms with Gasteiger partial charge in [-0.3, -0.25) is 0 Å². The number of halogens is 1. The third kappa shape index (κ3) is 3.58. The molecule has 0 radical (unpaired) electrons. The number of amides is 2. The number of aromatic nitrogens is 1. The van der Waals surface area contributed by atoms with Gasteiger partial charge in [0.15, 0.2) is 11.5 Å². The van der Waals surface area contributed by atoms with Crippen molar-refractivity contribution in [3.8, 4) is 22.8 Å². The molecule has 144 valence electrons. The molecule has 0 saturated carbocycles. The summed E-state index contributed by atoms with van der Waals surface area (Å²) in [6.45, 7) is 0.195. The third-order valence-corrected chi connectivity index (χ3v) is 4.90. The highest BCUT2D eigenvalue weighted by molar-refractivity contribution is 6.31. The van der Waals surface area contributed by atoms with Crippen LogP contribution in [0.3, 0.4) is 0 Å². The quantitative estimate of drug-likeness (QED) is 0.399. The van der Waals surface area contributed by atoms with Crippen LogP contribution in [0.1, 0.15) is 0 Å². The van der Waals surface area contributed by atoms with Gasteiger partial charge < -0.3 is 25.1 Å². The van der Waals surface area contributed by atoms with Crippen molar-refractivity contribution in [3.63, 3.8) is 0 Å². The van der Waals surface area contributed by atoms with Crippen molar-refractivity contribution in [1.29, 1.82) is 0 Å². The Morgan fingerprint density at radius 2 is 1.62 bits per heavy atom. The average Bonchev–Trinajstić information content (AvgIpc) is 3.34. The molecule has 1 aromatic heterocycles. The maximum atomic E-state index is 12.3. The Labute approximate surface area is 171 Å². The summed E-state index contributed by atoms with van der Waals surface area (Å²) >= 11 is 6.06. The number of urea groups is 1. The lowest BCUT2D eigenvalue weighted by atomic mass is 10.1. The maximum Gasteiger partial charge on any atom is 0.323 e. The Morgan fingerprint density at radius 3 is 2.48 bits per heavy atom. The molecule has 0 saturated heterocycles. The molecule has 6 nitrogen and oxygen atoms in total. The number of hydrogen-bond acceptors (Lipinski definition) is 3. The fourth-order valence-electron chi connectivity index (χ4n) is 3.26. The number of benzene rings is 3. The van der Waals surface area contributed by atoms with Gasteiger partial charge in [-0.2, -0.15) is 0 Å². The Morgan fingerprint density at radius 1 is 0.862 bits per heavy atom. The highest BCUT2D eigenvalue weighted by Crippen LogP contribution is 2.34. The highest BCUT2D eigenvalue weighted by Gasteiger charge is 2.14. The lowest BCUT2D eigenvalue weighted by molar-refractivity contribution is 0.174. The SMILES string of the molecule is O=C(Nc1ccc(-c2cc3cc(Cl)ccc3[nH]2)cc1)Nc1ccc2c(c1)OCO2. The maximum absolute atomic E-state index is 12.3. The zero-order valence-corrected chi connectivity index (χ0v) is 15.9. The predicted octanol–water partition coefficient (Wildman–Crippen LogP) is 5.86. The monoisotopic (exact) mass is 405 g/mol. The molecule has 0 spiro atoms. The first kappa shape index (κ1) is 17.5. The molecule has 5 rings (SSSR count). The van der Waals surface area contributed by atoms with Crippen molar-refractivity contribution in [2.75, 3.05) is 17.4 Å². The minimum atomic E-state index is -0.336. The van der Waals surface area contributed by atoms with Crippen molar-refractivity contribution in [2.24, 2.45) is 0 Å². The summed E-state index contributed by atoms with van der Waals surface area (Å²) in [5.74, 6) is 1.29. The molecule has 4 aromatic rings. The Bertz CT molecular complexity index is 1220. The molecule has 7 heteroatoms. The lowest BCUT2D eigenvalue weighted by Crippen LogP contribution is -2.19. The van der Waals surface area contributed by atoms with Crippen LogP contribution >= 0.6 is 11.6 Å². The normalized spacial score (nSPS) is 12.2. The van der Waals surface area contributed by atoms with E-state index in [0.717, 1.165) is 22.2 Å². The number of ether oxygens (including phenoxy) is 2. The summed E-state index contributed by atoms with van der Waals surface area (Å²) in [7, 11) is 0. The second kappa shape index (κ2) is 7.07. The number of carbonyl (C=O) groups excluding carboxylic acids is 1. The lowest BCUT2D eigenvalue weighted by Gasteiger charge is -2.09. The van der Waals surface area contributed by atoms with E-state index in [-0.39, 0.29) is 12.8 Å². The summed E-state index contributed by atoms with van der Waals surface area (Å²) < 4.78 is 10.6. The van der Waals surface area contributed by atoms with Gasteiger partial charge in [0.25, 0.3) is 0 Å². The van der Waals surface area contributed by atoms with Gasteiger partial charge in [0.1, 0.15) is 0 Å². The number of anilines is 2. The fourth-order valence-corrected chi connectivity index (χ4v) is 3.44. The molecule has 1 aliphatic rings. The summed E-state index contributed by atoms with van der Waals surface area (Å²) in [5, 5.41) is 7.36. The van der Waals surface area contributed by atoms with Gasteiger partial charge in [0, 0.05) is 39.1 Å². The molecule has 1 aliphatic heterocycles. The molecule has 0 aliphatic carbocycles. The van der Waals surface area contributed by atoms with E-state index in [1.165, 1.54) is 0 Å². The summed E-state index contributed by atoms with van der Waals surface area (Å²) in [4.78, 5) is 15.6. The van der Waals surface area contributed by atoms with Gasteiger partial charge in [0.05, 0.1) is 0 Å². The van der Waals surface area contributed by atoms with Crippen molar-refractivity contribution >= 4 is 39.9 Å². The topological polar surface area (TPSA) is 75.4 Å². The van der Waals surface area contributed by atoms with E-state index in [9.17, 15) is 4.79 Å². The number of aromatic amines is 1. The van der Waals surface area contributed by atoms with Crippen molar-refractivity contribution in [1.82, 2.24) is 4.98 Å². The zero-order valence-electron chi connectivity index (χ0n) is 15.2. The van der Waals surface area contributed by atoms with Gasteiger partial charge >= 0.3 is 6.03 Å². The third-order valence-electron chi connectivity index (χ3n) is 4.67. The molecule has 2 heterocycles. The van der Waals surface area contributed by atoms with E-state index in [4.69, 9.17) is 21.1 Å². The molecule has 0 bridgehead atoms. The molecule has 3 N–H and O–H groups in total. The first-order chi connectivity index (χ1) is 14.1. The molecule has 0 atom stereocenters. The summed E-state index contributed by atoms with van der Waals surface area (Å²) in [6.07, 6.45) is 0. The van der Waals surface area contributed by atoms with E-state index < -0.39 is 0 Å². The van der Waals surface area contributed by atoms with Crippen LogP contribution in [0.25, 0.3) is 22.2 Å². The molecule has 2 amide bonds. The van der Waals surface area contributed by atoms with Gasteiger partial charge in [-0.1, -0.05) is 23.7 Å². The molecule has 0 unspecified atom stereocenters. The second-order valence-corrected chi connectivity index (χ2v) is 7.08. The number of fused-ring (bicyclic) bond motifs is 2. The molecular formula is C22H16ClN3O3. The number of nitrogens with one attached hydrogen (secondary N) is 3. The predicted molar refractivity (Wildman–Crippen MR) is 114 cm³/mol. The number of H-pyrrole nitrogens is 1. The zero-order chi connectivity index (χ0) is 19.8. The number of hydrogen-bond donors (Lipinski definition) is 3. The number of rotatable bonds is 3. The average molecular weight is 406 g/mol. The first-order valence-corrected chi connectivity index (χ1v) is 9.38. The van der Waals surface area contributed by atoms with Crippen LogP contribution < -0.4 is 20.1 Å². The van der Waals surface area contributed by atoms with Crippen molar-refractivity contribution < 1.29 is 14.3 Å². The molecular weight excluding hydrogens is 390 g/mol. The minimum Gasteiger partial charge on any atom is -0.454 e. The second-order valence-electron chi connectivity index (χ2n) is 6.64. The summed E-state index contributed by atoms with van der Waals surface area (Å²) in [5.41, 5.74) is 4.33. The van der Waals surface area contributed by atoms with Gasteiger partial charge in [0.2, 0.25) is 6.79 Å².